The number of rotatable bonds is 1. The molecule has 1 fully saturated rings. The third-order valence-corrected chi connectivity index (χ3v) is 2.18. The fourth-order valence-electron chi connectivity index (χ4n) is 1.47. The van der Waals surface area contributed by atoms with Gasteiger partial charge in [-0.15, -0.1) is 0 Å². The van der Waals surface area contributed by atoms with E-state index in [1.165, 1.54) is 0 Å². The molecule has 0 saturated carbocycles. The van der Waals surface area contributed by atoms with Crippen molar-refractivity contribution in [1.29, 1.82) is 0 Å². The average Bonchev–Trinajstić information content (AvgIpc) is 2.16. The minimum Gasteiger partial charge on any atom is -0.288 e. The molecular weight excluding hydrogens is 148 g/mol. The van der Waals surface area contributed by atoms with Gasteiger partial charge in [-0.25, -0.2) is 0 Å². The number of nitrogens with zero attached hydrogens (tertiary/aromatic N) is 2. The minimum absolute atomic E-state index is 0.401. The van der Waals surface area contributed by atoms with Crippen LogP contribution < -0.4 is 0 Å². The highest BCUT2D eigenvalue weighted by molar-refractivity contribution is 5.44. The molecule has 1 saturated heterocycles. The molecule has 0 amide bonds. The lowest BCUT2D eigenvalue weighted by atomic mass is 10.2. The lowest BCUT2D eigenvalue weighted by Gasteiger charge is -2.31. The molecule has 12 heavy (non-hydrogen) atoms. The van der Waals surface area contributed by atoms with Gasteiger partial charge in [-0.05, 0) is 13.8 Å². The van der Waals surface area contributed by atoms with E-state index in [1.54, 1.807) is 0 Å². The molecule has 0 aromatic heterocycles. The maximum Gasteiger partial charge on any atom is 0.0593 e. The van der Waals surface area contributed by atoms with Crippen molar-refractivity contribution in [2.24, 2.45) is 0 Å². The molecule has 1 aliphatic heterocycles. The van der Waals surface area contributed by atoms with Crippen LogP contribution in [0.25, 0.3) is 0 Å². The van der Waals surface area contributed by atoms with E-state index in [-0.39, 0.29) is 0 Å². The van der Waals surface area contributed by atoms with Gasteiger partial charge in [0.1, 0.15) is 0 Å². The molecule has 0 unspecified atom stereocenters. The summed E-state index contributed by atoms with van der Waals surface area (Å²) in [5.41, 5.74) is 2.83. The average molecular weight is 164 g/mol. The van der Waals surface area contributed by atoms with Crippen molar-refractivity contribution in [1.82, 2.24) is 10.0 Å². The standard InChI is InChI=1S/C10H16N2/c1-7(2)12-10(5)8(3)9(4)11(12)6/h7H,3-5H2,1-2,6H3. The van der Waals surface area contributed by atoms with Crippen LogP contribution in [-0.4, -0.2) is 23.1 Å². The summed E-state index contributed by atoms with van der Waals surface area (Å²) < 4.78 is 0. The van der Waals surface area contributed by atoms with Crippen LogP contribution in [0, 0.1) is 0 Å². The van der Waals surface area contributed by atoms with Gasteiger partial charge in [0.05, 0.1) is 11.4 Å². The van der Waals surface area contributed by atoms with Crippen LogP contribution in [0.15, 0.2) is 36.7 Å². The zero-order valence-electron chi connectivity index (χ0n) is 8.09. The summed E-state index contributed by atoms with van der Waals surface area (Å²) in [5, 5.41) is 4.08. The lowest BCUT2D eigenvalue weighted by molar-refractivity contribution is 0.0738. The Morgan fingerprint density at radius 1 is 1.08 bits per heavy atom. The molecule has 1 heterocycles. The smallest absolute Gasteiger partial charge is 0.0593 e. The van der Waals surface area contributed by atoms with Crippen molar-refractivity contribution in [2.75, 3.05) is 7.05 Å². The van der Waals surface area contributed by atoms with Gasteiger partial charge in [-0.2, -0.15) is 0 Å². The van der Waals surface area contributed by atoms with Crippen molar-refractivity contribution in [3.8, 4) is 0 Å². The largest absolute Gasteiger partial charge is 0.288 e. The van der Waals surface area contributed by atoms with E-state index in [0.717, 1.165) is 17.0 Å². The third-order valence-electron chi connectivity index (χ3n) is 2.18. The molecule has 1 aliphatic rings. The summed E-state index contributed by atoms with van der Waals surface area (Å²) in [6.07, 6.45) is 0. The van der Waals surface area contributed by atoms with E-state index in [1.807, 2.05) is 12.1 Å². The minimum atomic E-state index is 0.401. The number of hydrogen-bond donors (Lipinski definition) is 0. The van der Waals surface area contributed by atoms with Crippen LogP contribution in [0.4, 0.5) is 0 Å². The Morgan fingerprint density at radius 2 is 1.58 bits per heavy atom. The highest BCUT2D eigenvalue weighted by Crippen LogP contribution is 2.32. The van der Waals surface area contributed by atoms with Crippen molar-refractivity contribution < 1.29 is 0 Å². The first-order valence-electron chi connectivity index (χ1n) is 4.07. The highest BCUT2D eigenvalue weighted by Gasteiger charge is 2.28. The lowest BCUT2D eigenvalue weighted by Crippen LogP contribution is -2.36. The SMILES string of the molecule is C=C1C(=C)N(C)N(C(C)C)C1=C. The molecule has 0 bridgehead atoms. The van der Waals surface area contributed by atoms with Crippen molar-refractivity contribution in [3.05, 3.63) is 36.7 Å². The molecule has 2 nitrogen and oxygen atoms in total. The Hall–Kier alpha value is -1.18. The number of hydrogen-bond acceptors (Lipinski definition) is 2. The summed E-state index contributed by atoms with van der Waals surface area (Å²) in [5.74, 6) is 0. The number of likely N-dealkylation sites (N-methyl/N-ethyl adjacent to an activating group) is 1. The number of hydrazine groups is 1. The Balaban J connectivity index is 2.99. The molecule has 0 aromatic rings. The molecule has 0 atom stereocenters. The topological polar surface area (TPSA) is 6.48 Å². The van der Waals surface area contributed by atoms with Crippen LogP contribution in [0.2, 0.25) is 0 Å². The second kappa shape index (κ2) is 2.70. The third kappa shape index (κ3) is 1.04. The van der Waals surface area contributed by atoms with Gasteiger partial charge in [0, 0.05) is 18.7 Å². The summed E-state index contributed by atoms with van der Waals surface area (Å²) in [6, 6.07) is 0.401. The Morgan fingerprint density at radius 3 is 1.75 bits per heavy atom. The second-order valence-electron chi connectivity index (χ2n) is 3.33. The van der Waals surface area contributed by atoms with E-state index in [9.17, 15) is 0 Å². The van der Waals surface area contributed by atoms with Gasteiger partial charge in [-0.3, -0.25) is 10.0 Å². The van der Waals surface area contributed by atoms with E-state index in [4.69, 9.17) is 0 Å². The fourth-order valence-corrected chi connectivity index (χ4v) is 1.47. The van der Waals surface area contributed by atoms with Crippen molar-refractivity contribution in [3.63, 3.8) is 0 Å². The molecule has 1 rings (SSSR count). The molecule has 0 spiro atoms. The van der Waals surface area contributed by atoms with Gasteiger partial charge in [0.25, 0.3) is 0 Å². The van der Waals surface area contributed by atoms with Crippen LogP contribution in [0.1, 0.15) is 13.8 Å². The predicted molar refractivity (Wildman–Crippen MR) is 52.2 cm³/mol. The molecule has 0 aromatic carbocycles. The van der Waals surface area contributed by atoms with Gasteiger partial charge >= 0.3 is 0 Å². The molecule has 0 N–H and O–H groups in total. The summed E-state index contributed by atoms with van der Waals surface area (Å²) in [4.78, 5) is 0. The molecule has 0 aliphatic carbocycles. The zero-order chi connectivity index (χ0) is 9.46. The molecule has 2 heteroatoms. The first-order chi connectivity index (χ1) is 5.46. The second-order valence-corrected chi connectivity index (χ2v) is 3.33. The quantitative estimate of drug-likeness (QED) is 0.586. The van der Waals surface area contributed by atoms with Gasteiger partial charge < -0.3 is 0 Å². The van der Waals surface area contributed by atoms with E-state index in [0.29, 0.717) is 6.04 Å². The molecular formula is C10H16N2. The van der Waals surface area contributed by atoms with Crippen molar-refractivity contribution in [2.45, 2.75) is 19.9 Å². The maximum atomic E-state index is 3.96. The van der Waals surface area contributed by atoms with E-state index >= 15 is 0 Å². The van der Waals surface area contributed by atoms with Gasteiger partial charge in [-0.1, -0.05) is 19.7 Å². The first-order valence-corrected chi connectivity index (χ1v) is 4.07. The van der Waals surface area contributed by atoms with E-state index in [2.05, 4.69) is 38.6 Å². The van der Waals surface area contributed by atoms with Gasteiger partial charge in [0.15, 0.2) is 0 Å². The Bertz CT molecular complexity index is 251. The Labute approximate surface area is 74.4 Å². The summed E-state index contributed by atoms with van der Waals surface area (Å²) in [7, 11) is 1.98. The summed E-state index contributed by atoms with van der Waals surface area (Å²) in [6.45, 7) is 16.0. The van der Waals surface area contributed by atoms with Crippen LogP contribution in [0.5, 0.6) is 0 Å². The van der Waals surface area contributed by atoms with Crippen molar-refractivity contribution >= 4 is 0 Å². The Kier molecular flexibility index (Phi) is 2.01. The first kappa shape index (κ1) is 8.91. The fraction of sp³-hybridized carbons (Fsp3) is 0.400. The van der Waals surface area contributed by atoms with Crippen LogP contribution >= 0.6 is 0 Å². The zero-order valence-corrected chi connectivity index (χ0v) is 8.09. The van der Waals surface area contributed by atoms with Gasteiger partial charge in [0.2, 0.25) is 0 Å². The molecule has 66 valence electrons. The predicted octanol–water partition coefficient (Wildman–Crippen LogP) is 2.14. The highest BCUT2D eigenvalue weighted by atomic mass is 15.7. The normalized spacial score (nSPS) is 18.5. The maximum absolute atomic E-state index is 3.96. The monoisotopic (exact) mass is 164 g/mol. The summed E-state index contributed by atoms with van der Waals surface area (Å²) >= 11 is 0. The van der Waals surface area contributed by atoms with Crippen LogP contribution in [-0.2, 0) is 0 Å². The molecule has 0 radical (unpaired) electrons. The van der Waals surface area contributed by atoms with E-state index < -0.39 is 0 Å². The van der Waals surface area contributed by atoms with Crippen LogP contribution in [0.3, 0.4) is 0 Å².